The summed E-state index contributed by atoms with van der Waals surface area (Å²) in [5.41, 5.74) is 0.437. The van der Waals surface area contributed by atoms with E-state index in [-0.39, 0.29) is 24.0 Å². The van der Waals surface area contributed by atoms with Crippen molar-refractivity contribution in [3.05, 3.63) is 12.2 Å². The second kappa shape index (κ2) is 6.69. The van der Waals surface area contributed by atoms with E-state index in [1.165, 1.54) is 21.3 Å². The predicted molar refractivity (Wildman–Crippen MR) is 60.8 cm³/mol. The van der Waals surface area contributed by atoms with E-state index in [0.717, 1.165) is 0 Å². The van der Waals surface area contributed by atoms with Crippen molar-refractivity contribution < 1.29 is 22.9 Å². The summed E-state index contributed by atoms with van der Waals surface area (Å²) < 4.78 is 15.0. The zero-order valence-electron chi connectivity index (χ0n) is 10.2. The summed E-state index contributed by atoms with van der Waals surface area (Å²) >= 11 is 0. The smallest absolute Gasteiger partial charge is 0.372 e. The molecule has 0 radical (unpaired) electrons. The van der Waals surface area contributed by atoms with Gasteiger partial charge in [-0.2, -0.15) is 0 Å². The highest BCUT2D eigenvalue weighted by Crippen LogP contribution is 2.12. The summed E-state index contributed by atoms with van der Waals surface area (Å²) in [6.07, 6.45) is 0.159. The van der Waals surface area contributed by atoms with E-state index in [1.54, 1.807) is 6.92 Å². The summed E-state index contributed by atoms with van der Waals surface area (Å²) in [4.78, 5) is 23.1. The third-order valence-electron chi connectivity index (χ3n) is 2.20. The fourth-order valence-electron chi connectivity index (χ4n) is 1.19. The minimum atomic E-state index is -3.24. The Bertz CT molecular complexity index is 275. The highest BCUT2D eigenvalue weighted by molar-refractivity contribution is 6.92. The number of ketones is 1. The molecule has 92 valence electrons. The summed E-state index contributed by atoms with van der Waals surface area (Å²) in [5, 5.41) is -0.297. The average Bonchev–Trinajstić information content (AvgIpc) is 2.28. The van der Waals surface area contributed by atoms with Gasteiger partial charge in [0, 0.05) is 34.2 Å². The second-order valence-corrected chi connectivity index (χ2v) is 6.19. The van der Waals surface area contributed by atoms with Gasteiger partial charge in [0.25, 0.3) is 0 Å². The molecule has 0 bridgehead atoms. The van der Waals surface area contributed by atoms with Crippen molar-refractivity contribution in [2.24, 2.45) is 0 Å². The highest BCUT2D eigenvalue weighted by atomic mass is 28.4. The van der Waals surface area contributed by atoms with Gasteiger partial charge >= 0.3 is 8.80 Å². The van der Waals surface area contributed by atoms with Crippen molar-refractivity contribution in [2.75, 3.05) is 21.3 Å². The lowest BCUT2D eigenvalue weighted by atomic mass is 10.1. The second-order valence-electron chi connectivity index (χ2n) is 3.30. The van der Waals surface area contributed by atoms with Crippen LogP contribution in [-0.2, 0) is 22.9 Å². The Labute approximate surface area is 96.7 Å². The topological polar surface area (TPSA) is 61.8 Å². The van der Waals surface area contributed by atoms with E-state index in [1.807, 2.05) is 0 Å². The van der Waals surface area contributed by atoms with Gasteiger partial charge in [0.1, 0.15) is 0 Å². The van der Waals surface area contributed by atoms with Gasteiger partial charge in [-0.05, 0) is 12.5 Å². The first-order valence-corrected chi connectivity index (χ1v) is 6.53. The molecule has 0 saturated carbocycles. The molecule has 16 heavy (non-hydrogen) atoms. The van der Waals surface area contributed by atoms with Crippen LogP contribution in [0.25, 0.3) is 0 Å². The van der Waals surface area contributed by atoms with Crippen molar-refractivity contribution in [3.8, 4) is 0 Å². The monoisotopic (exact) mass is 246 g/mol. The number of allylic oxidation sites excluding steroid dienone is 1. The Morgan fingerprint density at radius 3 is 1.81 bits per heavy atom. The molecule has 0 aliphatic rings. The summed E-state index contributed by atoms with van der Waals surface area (Å²) in [6, 6.07) is 0. The normalized spacial score (nSPS) is 11.2. The number of carbonyl (C=O) groups excluding carboxylic acids is 2. The number of hydrogen-bond acceptors (Lipinski definition) is 5. The molecule has 0 rings (SSSR count). The van der Waals surface area contributed by atoms with Crippen LogP contribution in [-0.4, -0.2) is 41.3 Å². The van der Waals surface area contributed by atoms with Crippen LogP contribution in [0.4, 0.5) is 0 Å². The maximum absolute atomic E-state index is 11.8. The lowest BCUT2D eigenvalue weighted by Crippen LogP contribution is -2.51. The van der Waals surface area contributed by atoms with Crippen LogP contribution in [0.5, 0.6) is 0 Å². The first-order chi connectivity index (χ1) is 7.43. The molecule has 0 aliphatic heterocycles. The molecule has 5 nitrogen and oxygen atoms in total. The van der Waals surface area contributed by atoms with Gasteiger partial charge < -0.3 is 13.3 Å². The van der Waals surface area contributed by atoms with Crippen molar-refractivity contribution >= 4 is 20.0 Å². The quantitative estimate of drug-likeness (QED) is 0.470. The van der Waals surface area contributed by atoms with Gasteiger partial charge in [-0.15, -0.1) is 0 Å². The zero-order valence-corrected chi connectivity index (χ0v) is 11.2. The highest BCUT2D eigenvalue weighted by Gasteiger charge is 2.46. The molecule has 0 N–H and O–H groups in total. The largest absolute Gasteiger partial charge is 0.573 e. The fourth-order valence-corrected chi connectivity index (χ4v) is 2.80. The van der Waals surface area contributed by atoms with Crippen LogP contribution >= 0.6 is 0 Å². The molecular weight excluding hydrogens is 228 g/mol. The molecule has 0 heterocycles. The van der Waals surface area contributed by atoms with Crippen molar-refractivity contribution in [2.45, 2.75) is 19.8 Å². The van der Waals surface area contributed by atoms with E-state index in [9.17, 15) is 9.59 Å². The average molecular weight is 246 g/mol. The molecule has 0 fully saturated rings. The number of carbonyl (C=O) groups is 2. The van der Waals surface area contributed by atoms with E-state index >= 15 is 0 Å². The molecule has 6 heteroatoms. The van der Waals surface area contributed by atoms with Gasteiger partial charge in [-0.1, -0.05) is 6.58 Å². The minimum Gasteiger partial charge on any atom is -0.372 e. The Hall–Kier alpha value is -0.823. The minimum absolute atomic E-state index is 0.0490. The first-order valence-electron chi connectivity index (χ1n) is 4.81. The lowest BCUT2D eigenvalue weighted by molar-refractivity contribution is -0.122. The summed E-state index contributed by atoms with van der Waals surface area (Å²) in [5.74, 6) is -0.139. The number of Topliss-reactive ketones (excluding diaryl/α,β-unsaturated/α-hetero) is 1. The van der Waals surface area contributed by atoms with E-state index < -0.39 is 8.80 Å². The third kappa shape index (κ3) is 3.64. The Balaban J connectivity index is 4.44. The molecular formula is C10H18O5Si. The van der Waals surface area contributed by atoms with Crippen LogP contribution in [0.3, 0.4) is 0 Å². The van der Waals surface area contributed by atoms with Crippen LogP contribution < -0.4 is 0 Å². The SMILES string of the molecule is C=C(C)C(=O)CCC(=O)[Si](OC)(OC)OC. The zero-order chi connectivity index (χ0) is 12.8. The van der Waals surface area contributed by atoms with Gasteiger partial charge in [-0.25, -0.2) is 0 Å². The van der Waals surface area contributed by atoms with Gasteiger partial charge in [0.2, 0.25) is 5.41 Å². The van der Waals surface area contributed by atoms with Crippen molar-refractivity contribution in [1.29, 1.82) is 0 Å². The Morgan fingerprint density at radius 2 is 1.50 bits per heavy atom. The molecule has 0 unspecified atom stereocenters. The standard InChI is InChI=1S/C10H18O5Si/c1-8(2)9(11)6-7-10(12)16(13-3,14-4)15-5/h1,6-7H2,2-5H3. The molecule has 0 saturated heterocycles. The Kier molecular flexibility index (Phi) is 6.35. The number of rotatable bonds is 8. The van der Waals surface area contributed by atoms with Crippen LogP contribution in [0, 0.1) is 0 Å². The predicted octanol–water partition coefficient (Wildman–Crippen LogP) is 0.898. The van der Waals surface area contributed by atoms with Crippen molar-refractivity contribution in [1.82, 2.24) is 0 Å². The van der Waals surface area contributed by atoms with Crippen molar-refractivity contribution in [3.63, 3.8) is 0 Å². The fraction of sp³-hybridized carbons (Fsp3) is 0.600. The van der Waals surface area contributed by atoms with Gasteiger partial charge in [-0.3, -0.25) is 9.59 Å². The van der Waals surface area contributed by atoms with Gasteiger partial charge in [0.15, 0.2) is 5.78 Å². The molecule has 0 spiro atoms. The molecule has 0 amide bonds. The maximum Gasteiger partial charge on any atom is 0.573 e. The van der Waals surface area contributed by atoms with Crippen LogP contribution in [0.1, 0.15) is 19.8 Å². The molecule has 0 atom stereocenters. The van der Waals surface area contributed by atoms with Crippen LogP contribution in [0.15, 0.2) is 12.2 Å². The van der Waals surface area contributed by atoms with Crippen LogP contribution in [0.2, 0.25) is 0 Å². The van der Waals surface area contributed by atoms with E-state index in [0.29, 0.717) is 5.57 Å². The Morgan fingerprint density at radius 1 is 1.06 bits per heavy atom. The number of hydrogen-bond donors (Lipinski definition) is 0. The summed E-state index contributed by atoms with van der Waals surface area (Å²) in [7, 11) is 0.833. The van der Waals surface area contributed by atoms with E-state index in [4.69, 9.17) is 13.3 Å². The van der Waals surface area contributed by atoms with Gasteiger partial charge in [0.05, 0.1) is 0 Å². The molecule has 0 aromatic heterocycles. The van der Waals surface area contributed by atoms with E-state index in [2.05, 4.69) is 6.58 Å². The third-order valence-corrected chi connectivity index (χ3v) is 4.75. The summed E-state index contributed by atoms with van der Waals surface area (Å²) in [6.45, 7) is 5.12. The molecule has 0 aromatic carbocycles. The maximum atomic E-state index is 11.8. The lowest BCUT2D eigenvalue weighted by Gasteiger charge is -2.22. The molecule has 0 aliphatic carbocycles. The molecule has 0 aromatic rings. The first kappa shape index (κ1) is 15.2.